The highest BCUT2D eigenvalue weighted by Gasteiger charge is 2.22. The van der Waals surface area contributed by atoms with E-state index in [1.165, 1.54) is 5.69 Å². The summed E-state index contributed by atoms with van der Waals surface area (Å²) in [5.41, 5.74) is 5.51. The van der Waals surface area contributed by atoms with Gasteiger partial charge in [-0.2, -0.15) is 0 Å². The maximum absolute atomic E-state index is 6.15. The second-order valence-electron chi connectivity index (χ2n) is 9.32. The lowest BCUT2D eigenvalue weighted by Gasteiger charge is -2.30. The van der Waals surface area contributed by atoms with E-state index in [1.54, 1.807) is 7.11 Å². The summed E-state index contributed by atoms with van der Waals surface area (Å²) in [6.45, 7) is 9.19. The number of fused-ring (bicyclic) bond motifs is 3. The van der Waals surface area contributed by atoms with Crippen LogP contribution in [0.1, 0.15) is 11.5 Å². The molecule has 3 aliphatic heterocycles. The Labute approximate surface area is 206 Å². The summed E-state index contributed by atoms with van der Waals surface area (Å²) in [5.74, 6) is 2.71. The van der Waals surface area contributed by atoms with Gasteiger partial charge in [-0.1, -0.05) is 6.07 Å². The first-order chi connectivity index (χ1) is 17.3. The molecule has 184 valence electrons. The minimum Gasteiger partial charge on any atom is -0.496 e. The van der Waals surface area contributed by atoms with Crippen molar-refractivity contribution in [2.45, 2.75) is 13.0 Å². The molecule has 0 unspecified atom stereocenters. The average Bonchev–Trinajstić information content (AvgIpc) is 3.36. The summed E-state index contributed by atoms with van der Waals surface area (Å²) in [4.78, 5) is 9.69. The number of morpholine rings is 1. The summed E-state index contributed by atoms with van der Waals surface area (Å²) < 4.78 is 19.6. The van der Waals surface area contributed by atoms with Crippen LogP contribution in [-0.4, -0.2) is 80.6 Å². The van der Waals surface area contributed by atoms with Crippen LogP contribution in [0, 0.1) is 0 Å². The van der Waals surface area contributed by atoms with Gasteiger partial charge in [0, 0.05) is 75.7 Å². The number of anilines is 1. The molecule has 0 atom stereocenters. The number of benzene rings is 2. The Hall–Kier alpha value is -3.07. The maximum atomic E-state index is 6.15. The van der Waals surface area contributed by atoms with Crippen LogP contribution in [0.15, 0.2) is 42.6 Å². The number of piperazine rings is 1. The molecular weight excluding hydrogens is 442 g/mol. The van der Waals surface area contributed by atoms with E-state index < -0.39 is 0 Å². The van der Waals surface area contributed by atoms with E-state index in [4.69, 9.17) is 19.2 Å². The molecule has 0 radical (unpaired) electrons. The Morgan fingerprint density at radius 3 is 2.71 bits per heavy atom. The molecule has 2 aromatic carbocycles. The quantitative estimate of drug-likeness (QED) is 0.588. The highest BCUT2D eigenvalue weighted by atomic mass is 16.5. The van der Waals surface area contributed by atoms with Gasteiger partial charge in [-0.05, 0) is 29.8 Å². The van der Waals surface area contributed by atoms with Crippen LogP contribution in [0.2, 0.25) is 0 Å². The molecular formula is C27H33N5O3. The third-order valence-corrected chi connectivity index (χ3v) is 7.17. The molecule has 3 aliphatic rings. The standard InChI is InChI=1S/C27H33N5O3/c1-33-25-17-22(31-10-7-28-8-11-31)3-4-23(25)20-2-5-24-26(16-20)35-19-27-29-21(18-32(24)27)6-9-30-12-14-34-15-13-30/h2-5,16-18,28H,6-15,19H2,1H3. The normalized spacial score (nSPS) is 18.0. The molecule has 1 aromatic heterocycles. The van der Waals surface area contributed by atoms with Crippen LogP contribution in [-0.2, 0) is 17.8 Å². The predicted molar refractivity (Wildman–Crippen MR) is 136 cm³/mol. The lowest BCUT2D eigenvalue weighted by Crippen LogP contribution is -2.43. The average molecular weight is 476 g/mol. The Morgan fingerprint density at radius 1 is 1.03 bits per heavy atom. The van der Waals surface area contributed by atoms with Crippen molar-refractivity contribution in [2.24, 2.45) is 0 Å². The Kier molecular flexibility index (Phi) is 6.33. The van der Waals surface area contributed by atoms with Gasteiger partial charge < -0.3 is 24.4 Å². The van der Waals surface area contributed by atoms with Crippen LogP contribution in [0.3, 0.4) is 0 Å². The fourth-order valence-corrected chi connectivity index (χ4v) is 5.18. The molecule has 3 aromatic rings. The minimum atomic E-state index is 0.479. The zero-order valence-electron chi connectivity index (χ0n) is 20.3. The van der Waals surface area contributed by atoms with Crippen molar-refractivity contribution in [1.29, 1.82) is 0 Å². The number of nitrogens with one attached hydrogen (secondary N) is 1. The monoisotopic (exact) mass is 475 g/mol. The molecule has 2 saturated heterocycles. The molecule has 1 N–H and O–H groups in total. The summed E-state index contributed by atoms with van der Waals surface area (Å²) in [7, 11) is 1.74. The van der Waals surface area contributed by atoms with Gasteiger partial charge in [0.2, 0.25) is 0 Å². The van der Waals surface area contributed by atoms with E-state index in [1.807, 2.05) is 0 Å². The fourth-order valence-electron chi connectivity index (χ4n) is 5.18. The van der Waals surface area contributed by atoms with Crippen molar-refractivity contribution >= 4 is 5.69 Å². The molecule has 6 rings (SSSR count). The number of hydrogen-bond acceptors (Lipinski definition) is 7. The van der Waals surface area contributed by atoms with Gasteiger partial charge in [-0.3, -0.25) is 9.47 Å². The number of rotatable bonds is 6. The number of nitrogens with zero attached hydrogens (tertiary/aromatic N) is 4. The first-order valence-corrected chi connectivity index (χ1v) is 12.6. The summed E-state index contributed by atoms with van der Waals surface area (Å²) >= 11 is 0. The first kappa shape index (κ1) is 22.4. The highest BCUT2D eigenvalue weighted by molar-refractivity contribution is 5.76. The molecule has 0 spiro atoms. The van der Waals surface area contributed by atoms with E-state index in [-0.39, 0.29) is 0 Å². The minimum absolute atomic E-state index is 0.479. The van der Waals surface area contributed by atoms with Crippen LogP contribution in [0.5, 0.6) is 11.5 Å². The van der Waals surface area contributed by atoms with Crippen molar-refractivity contribution in [3.8, 4) is 28.3 Å². The lowest BCUT2D eigenvalue weighted by atomic mass is 10.0. The third kappa shape index (κ3) is 4.61. The Balaban J connectivity index is 1.22. The van der Waals surface area contributed by atoms with E-state index in [9.17, 15) is 0 Å². The number of imidazole rings is 1. The Morgan fingerprint density at radius 2 is 1.89 bits per heavy atom. The fraction of sp³-hybridized carbons (Fsp3) is 0.444. The highest BCUT2D eigenvalue weighted by Crippen LogP contribution is 2.38. The van der Waals surface area contributed by atoms with Gasteiger partial charge in [0.25, 0.3) is 0 Å². The summed E-state index contributed by atoms with van der Waals surface area (Å²) in [5, 5.41) is 3.41. The van der Waals surface area contributed by atoms with Gasteiger partial charge >= 0.3 is 0 Å². The maximum Gasteiger partial charge on any atom is 0.151 e. The van der Waals surface area contributed by atoms with Crippen molar-refractivity contribution in [3.05, 3.63) is 54.1 Å². The second kappa shape index (κ2) is 9.89. The summed E-state index contributed by atoms with van der Waals surface area (Å²) in [6, 6.07) is 12.9. The lowest BCUT2D eigenvalue weighted by molar-refractivity contribution is 0.0383. The topological polar surface area (TPSA) is 64.0 Å². The largest absolute Gasteiger partial charge is 0.496 e. The number of methoxy groups -OCH3 is 1. The zero-order valence-corrected chi connectivity index (χ0v) is 20.3. The molecule has 8 nitrogen and oxygen atoms in total. The molecule has 4 heterocycles. The van der Waals surface area contributed by atoms with Gasteiger partial charge in [0.15, 0.2) is 5.82 Å². The van der Waals surface area contributed by atoms with Crippen molar-refractivity contribution in [2.75, 3.05) is 71.0 Å². The van der Waals surface area contributed by atoms with Gasteiger partial charge in [-0.15, -0.1) is 0 Å². The molecule has 0 amide bonds. The van der Waals surface area contributed by atoms with Gasteiger partial charge in [0.1, 0.15) is 18.1 Å². The predicted octanol–water partition coefficient (Wildman–Crippen LogP) is 2.72. The second-order valence-corrected chi connectivity index (χ2v) is 9.32. The van der Waals surface area contributed by atoms with Crippen LogP contribution in [0.25, 0.3) is 16.8 Å². The summed E-state index contributed by atoms with van der Waals surface area (Å²) in [6.07, 6.45) is 3.10. The van der Waals surface area contributed by atoms with Gasteiger partial charge in [0.05, 0.1) is 31.7 Å². The molecule has 8 heteroatoms. The first-order valence-electron chi connectivity index (χ1n) is 12.6. The van der Waals surface area contributed by atoms with E-state index in [0.29, 0.717) is 6.61 Å². The van der Waals surface area contributed by atoms with E-state index in [0.717, 1.165) is 105 Å². The molecule has 35 heavy (non-hydrogen) atoms. The van der Waals surface area contributed by atoms with Crippen molar-refractivity contribution < 1.29 is 14.2 Å². The molecule has 0 saturated carbocycles. The number of hydrogen-bond donors (Lipinski definition) is 1. The molecule has 0 aliphatic carbocycles. The third-order valence-electron chi connectivity index (χ3n) is 7.17. The SMILES string of the molecule is COc1cc(N2CCNCC2)ccc1-c1ccc2c(c1)OCc1nc(CCN3CCOCC3)cn1-2. The molecule has 2 fully saturated rings. The van der Waals surface area contributed by atoms with Crippen LogP contribution in [0.4, 0.5) is 5.69 Å². The van der Waals surface area contributed by atoms with E-state index in [2.05, 4.69) is 62.3 Å². The smallest absolute Gasteiger partial charge is 0.151 e. The van der Waals surface area contributed by atoms with Gasteiger partial charge in [-0.25, -0.2) is 4.98 Å². The van der Waals surface area contributed by atoms with Crippen molar-refractivity contribution in [1.82, 2.24) is 19.8 Å². The van der Waals surface area contributed by atoms with Crippen molar-refractivity contribution in [3.63, 3.8) is 0 Å². The van der Waals surface area contributed by atoms with Crippen LogP contribution < -0.4 is 19.7 Å². The molecule has 0 bridgehead atoms. The number of aromatic nitrogens is 2. The van der Waals surface area contributed by atoms with Crippen LogP contribution >= 0.6 is 0 Å². The Bertz CT molecular complexity index is 1180. The van der Waals surface area contributed by atoms with E-state index >= 15 is 0 Å². The zero-order chi connectivity index (χ0) is 23.6. The number of ether oxygens (including phenoxy) is 3.